The third-order valence-electron chi connectivity index (χ3n) is 6.71. The van der Waals surface area contributed by atoms with Crippen molar-refractivity contribution >= 4 is 23.1 Å². The van der Waals surface area contributed by atoms with E-state index in [-0.39, 0.29) is 17.3 Å². The molecule has 186 valence electrons. The molecule has 0 spiro atoms. The van der Waals surface area contributed by atoms with Crippen LogP contribution in [0.15, 0.2) is 66.2 Å². The maximum absolute atomic E-state index is 13.5. The Hall–Kier alpha value is -4.06. The SMILES string of the molecule is COc1cccc(N2C(=O)C(=O)/C(=C(/O)c3cc(C(C)C)c(OC)cc3C)C2c2ccccc2C)c1. The largest absolute Gasteiger partial charge is 0.507 e. The molecule has 1 atom stereocenters. The zero-order valence-corrected chi connectivity index (χ0v) is 21.5. The van der Waals surface area contributed by atoms with E-state index in [2.05, 4.69) is 0 Å². The highest BCUT2D eigenvalue weighted by Crippen LogP contribution is 2.44. The molecule has 0 aliphatic carbocycles. The molecular weight excluding hydrogens is 454 g/mol. The minimum Gasteiger partial charge on any atom is -0.507 e. The summed E-state index contributed by atoms with van der Waals surface area (Å²) in [5.41, 5.74) is 4.37. The lowest BCUT2D eigenvalue weighted by molar-refractivity contribution is -0.132. The van der Waals surface area contributed by atoms with Crippen LogP contribution in [0.2, 0.25) is 0 Å². The van der Waals surface area contributed by atoms with E-state index < -0.39 is 17.7 Å². The van der Waals surface area contributed by atoms with Gasteiger partial charge >= 0.3 is 0 Å². The van der Waals surface area contributed by atoms with Crippen molar-refractivity contribution in [3.8, 4) is 11.5 Å². The van der Waals surface area contributed by atoms with E-state index in [1.165, 1.54) is 4.90 Å². The van der Waals surface area contributed by atoms with Crippen LogP contribution < -0.4 is 14.4 Å². The van der Waals surface area contributed by atoms with Crippen molar-refractivity contribution < 1.29 is 24.2 Å². The molecule has 1 N–H and O–H groups in total. The number of aliphatic hydroxyl groups is 1. The van der Waals surface area contributed by atoms with Gasteiger partial charge in [0.05, 0.1) is 25.8 Å². The summed E-state index contributed by atoms with van der Waals surface area (Å²) in [5.74, 6) is -0.234. The van der Waals surface area contributed by atoms with Gasteiger partial charge in [-0.2, -0.15) is 0 Å². The quantitative estimate of drug-likeness (QED) is 0.261. The zero-order chi connectivity index (χ0) is 26.1. The van der Waals surface area contributed by atoms with Crippen LogP contribution in [0.5, 0.6) is 11.5 Å². The number of carbonyl (C=O) groups is 2. The van der Waals surface area contributed by atoms with Gasteiger partial charge < -0.3 is 14.6 Å². The first-order valence-electron chi connectivity index (χ1n) is 11.9. The summed E-state index contributed by atoms with van der Waals surface area (Å²) < 4.78 is 10.9. The Labute approximate surface area is 211 Å². The maximum atomic E-state index is 13.5. The van der Waals surface area contributed by atoms with Gasteiger partial charge in [0, 0.05) is 17.3 Å². The molecule has 3 aromatic rings. The standard InChI is InChI=1S/C30H31NO5/c1-17(2)23-16-24(19(4)14-25(23)36-6)28(32)26-27(22-13-8-7-10-18(22)3)31(30(34)29(26)33)20-11-9-12-21(15-20)35-5/h7-17,27,32H,1-6H3/b28-26+. The number of Topliss-reactive ketones (excluding diaryl/α,β-unsaturated/α-hetero) is 1. The van der Waals surface area contributed by atoms with Gasteiger partial charge in [0.25, 0.3) is 11.7 Å². The number of hydrogen-bond donors (Lipinski definition) is 1. The van der Waals surface area contributed by atoms with Crippen LogP contribution in [0.25, 0.3) is 5.76 Å². The Morgan fingerprint density at radius 1 is 0.917 bits per heavy atom. The molecule has 1 unspecified atom stereocenters. The highest BCUT2D eigenvalue weighted by molar-refractivity contribution is 6.51. The van der Waals surface area contributed by atoms with E-state index >= 15 is 0 Å². The third kappa shape index (κ3) is 4.24. The normalized spacial score (nSPS) is 17.1. The van der Waals surface area contributed by atoms with Crippen LogP contribution in [0, 0.1) is 13.8 Å². The smallest absolute Gasteiger partial charge is 0.300 e. The van der Waals surface area contributed by atoms with Crippen LogP contribution in [-0.2, 0) is 9.59 Å². The van der Waals surface area contributed by atoms with Gasteiger partial charge in [-0.25, -0.2) is 0 Å². The summed E-state index contributed by atoms with van der Waals surface area (Å²) in [6, 6.07) is 17.5. The number of nitrogens with zero attached hydrogens (tertiary/aromatic N) is 1. The summed E-state index contributed by atoms with van der Waals surface area (Å²) in [6.07, 6.45) is 0. The average molecular weight is 486 g/mol. The highest BCUT2D eigenvalue weighted by atomic mass is 16.5. The van der Waals surface area contributed by atoms with Crippen molar-refractivity contribution in [3.05, 3.63) is 94.1 Å². The third-order valence-corrected chi connectivity index (χ3v) is 6.71. The topological polar surface area (TPSA) is 76.1 Å². The number of aliphatic hydroxyl groups excluding tert-OH is 1. The first-order chi connectivity index (χ1) is 17.2. The summed E-state index contributed by atoms with van der Waals surface area (Å²) in [7, 11) is 3.16. The Kier molecular flexibility index (Phi) is 6.88. The monoisotopic (exact) mass is 485 g/mol. The predicted molar refractivity (Wildman–Crippen MR) is 141 cm³/mol. The number of aryl methyl sites for hydroxylation is 2. The number of ketones is 1. The summed E-state index contributed by atoms with van der Waals surface area (Å²) >= 11 is 0. The molecule has 1 aliphatic heterocycles. The predicted octanol–water partition coefficient (Wildman–Crippen LogP) is 6.07. The molecule has 4 rings (SSSR count). The van der Waals surface area contributed by atoms with Crippen LogP contribution in [0.4, 0.5) is 5.69 Å². The Morgan fingerprint density at radius 2 is 1.64 bits per heavy atom. The first-order valence-corrected chi connectivity index (χ1v) is 11.9. The second-order valence-corrected chi connectivity index (χ2v) is 9.29. The Bertz CT molecular complexity index is 1370. The summed E-state index contributed by atoms with van der Waals surface area (Å²) in [4.78, 5) is 28.5. The molecule has 3 aromatic carbocycles. The molecule has 6 nitrogen and oxygen atoms in total. The number of carbonyl (C=O) groups excluding carboxylic acids is 2. The molecule has 36 heavy (non-hydrogen) atoms. The molecule has 1 saturated heterocycles. The van der Waals surface area contributed by atoms with Gasteiger partial charge in [-0.05, 0) is 66.3 Å². The highest BCUT2D eigenvalue weighted by Gasteiger charge is 2.47. The van der Waals surface area contributed by atoms with E-state index in [4.69, 9.17) is 9.47 Å². The van der Waals surface area contributed by atoms with Crippen molar-refractivity contribution in [1.29, 1.82) is 0 Å². The Morgan fingerprint density at radius 3 is 2.28 bits per heavy atom. The molecule has 0 bridgehead atoms. The number of rotatable bonds is 6. The van der Waals surface area contributed by atoms with Gasteiger partial charge in [0.2, 0.25) is 0 Å². The summed E-state index contributed by atoms with van der Waals surface area (Å²) in [6.45, 7) is 7.84. The van der Waals surface area contributed by atoms with Gasteiger partial charge in [-0.15, -0.1) is 0 Å². The fourth-order valence-electron chi connectivity index (χ4n) is 4.77. The zero-order valence-electron chi connectivity index (χ0n) is 21.5. The van der Waals surface area contributed by atoms with Crippen molar-refractivity contribution in [2.75, 3.05) is 19.1 Å². The van der Waals surface area contributed by atoms with Crippen LogP contribution in [-0.4, -0.2) is 31.0 Å². The molecule has 6 heteroatoms. The number of methoxy groups -OCH3 is 2. The average Bonchev–Trinajstić information content (AvgIpc) is 3.13. The molecule has 0 aromatic heterocycles. The molecular formula is C30H31NO5. The second kappa shape index (κ2) is 9.90. The number of amides is 1. The van der Waals surface area contributed by atoms with E-state index in [1.54, 1.807) is 38.5 Å². The maximum Gasteiger partial charge on any atom is 0.300 e. The van der Waals surface area contributed by atoms with Crippen LogP contribution >= 0.6 is 0 Å². The Balaban J connectivity index is 2.01. The lowest BCUT2D eigenvalue weighted by Crippen LogP contribution is -2.29. The number of ether oxygens (including phenoxy) is 2. The van der Waals surface area contributed by atoms with Gasteiger partial charge in [-0.3, -0.25) is 14.5 Å². The van der Waals surface area contributed by atoms with Crippen LogP contribution in [0.3, 0.4) is 0 Å². The van der Waals surface area contributed by atoms with Crippen molar-refractivity contribution in [1.82, 2.24) is 0 Å². The van der Waals surface area contributed by atoms with E-state index in [1.807, 2.05) is 64.1 Å². The minimum absolute atomic E-state index is 0.0556. The molecule has 1 fully saturated rings. The fraction of sp³-hybridized carbons (Fsp3) is 0.267. The lowest BCUT2D eigenvalue weighted by Gasteiger charge is -2.27. The van der Waals surface area contributed by atoms with Crippen molar-refractivity contribution in [2.24, 2.45) is 0 Å². The number of hydrogen-bond acceptors (Lipinski definition) is 5. The number of benzene rings is 3. The molecule has 1 amide bonds. The van der Waals surface area contributed by atoms with E-state index in [9.17, 15) is 14.7 Å². The van der Waals surface area contributed by atoms with Crippen molar-refractivity contribution in [2.45, 2.75) is 39.7 Å². The van der Waals surface area contributed by atoms with E-state index in [0.717, 1.165) is 22.3 Å². The molecule has 0 radical (unpaired) electrons. The van der Waals surface area contributed by atoms with Gasteiger partial charge in [0.15, 0.2) is 0 Å². The second-order valence-electron chi connectivity index (χ2n) is 9.29. The molecule has 1 aliphatic rings. The fourth-order valence-corrected chi connectivity index (χ4v) is 4.77. The van der Waals surface area contributed by atoms with E-state index in [0.29, 0.717) is 22.7 Å². The van der Waals surface area contributed by atoms with Gasteiger partial charge in [-0.1, -0.05) is 44.2 Å². The van der Waals surface area contributed by atoms with Crippen LogP contribution in [0.1, 0.15) is 53.6 Å². The molecule has 0 saturated carbocycles. The lowest BCUT2D eigenvalue weighted by atomic mass is 9.89. The summed E-state index contributed by atoms with van der Waals surface area (Å²) in [5, 5.41) is 11.7. The number of anilines is 1. The minimum atomic E-state index is -0.803. The first kappa shape index (κ1) is 25.0. The van der Waals surface area contributed by atoms with Gasteiger partial charge in [0.1, 0.15) is 17.3 Å². The molecule has 1 heterocycles. The van der Waals surface area contributed by atoms with Crippen molar-refractivity contribution in [3.63, 3.8) is 0 Å².